The number of aryl methyl sites for hydroxylation is 2. The first-order valence-electron chi connectivity index (χ1n) is 19.6. The lowest BCUT2D eigenvalue weighted by molar-refractivity contribution is -0.121. The lowest BCUT2D eigenvalue weighted by Crippen LogP contribution is -2.26. The molecule has 0 radical (unpaired) electrons. The van der Waals surface area contributed by atoms with Crippen molar-refractivity contribution in [3.63, 3.8) is 0 Å². The smallest absolute Gasteiger partial charge is 0.222 e. The third kappa shape index (κ3) is 8.82. The molecule has 0 aliphatic carbocycles. The van der Waals surface area contributed by atoms with Crippen LogP contribution in [0, 0.1) is 20.8 Å². The summed E-state index contributed by atoms with van der Waals surface area (Å²) in [6, 6.07) is 27.2. The summed E-state index contributed by atoms with van der Waals surface area (Å²) >= 11 is 12.9. The molecule has 8 rings (SSSR count). The standard InChI is InChI=1S/C46H41BrClN5O5S2/c1-26-27(2)59-46-40(26)42(29-8-14-33(48)15-9-29)50-37(45-52-51-28(3)53(45)46)25-39(55)49-20-4-5-21-57-22-23-58-35-17-10-30(11-18-35)43(56)41-36-19-16-34(54)24-38(36)60-44(41)31-6-12-32(47)13-7-31/h6-19,24,37,54H,4-5,20-23,25H2,1-3H3,(H,49,55)/t37-/m0/s1. The van der Waals surface area contributed by atoms with Crippen LogP contribution in [-0.4, -0.2) is 63.6 Å². The number of aromatic nitrogens is 3. The van der Waals surface area contributed by atoms with Crippen LogP contribution in [0.2, 0.25) is 5.02 Å². The Kier molecular flexibility index (Phi) is 12.6. The summed E-state index contributed by atoms with van der Waals surface area (Å²) in [5, 5.41) is 24.5. The van der Waals surface area contributed by atoms with E-state index in [4.69, 9.17) is 26.1 Å². The predicted molar refractivity (Wildman–Crippen MR) is 243 cm³/mol. The van der Waals surface area contributed by atoms with Gasteiger partial charge in [-0.3, -0.25) is 19.1 Å². The monoisotopic (exact) mass is 921 g/mol. The highest BCUT2D eigenvalue weighted by Gasteiger charge is 2.32. The maximum atomic E-state index is 13.9. The Labute approximate surface area is 369 Å². The minimum absolute atomic E-state index is 0.0982. The molecule has 0 spiro atoms. The minimum Gasteiger partial charge on any atom is -0.508 e. The molecule has 0 saturated heterocycles. The van der Waals surface area contributed by atoms with E-state index in [0.29, 0.717) is 54.1 Å². The van der Waals surface area contributed by atoms with Gasteiger partial charge in [-0.15, -0.1) is 32.9 Å². The van der Waals surface area contributed by atoms with Crippen molar-refractivity contribution in [1.82, 2.24) is 20.1 Å². The number of amides is 1. The van der Waals surface area contributed by atoms with E-state index < -0.39 is 6.04 Å². The maximum Gasteiger partial charge on any atom is 0.222 e. The average Bonchev–Trinajstić information content (AvgIpc) is 3.88. The zero-order valence-corrected chi connectivity index (χ0v) is 37.1. The normalized spacial score (nSPS) is 13.4. The molecule has 60 heavy (non-hydrogen) atoms. The fourth-order valence-corrected chi connectivity index (χ4v) is 10.1. The summed E-state index contributed by atoms with van der Waals surface area (Å²) in [4.78, 5) is 34.5. The Hall–Kier alpha value is -5.18. The maximum absolute atomic E-state index is 13.9. The first kappa shape index (κ1) is 41.5. The van der Waals surface area contributed by atoms with Crippen molar-refractivity contribution in [3.05, 3.63) is 145 Å². The van der Waals surface area contributed by atoms with Crippen molar-refractivity contribution in [2.45, 2.75) is 46.1 Å². The van der Waals surface area contributed by atoms with E-state index >= 15 is 0 Å². The highest BCUT2D eigenvalue weighted by atomic mass is 79.9. The van der Waals surface area contributed by atoms with Gasteiger partial charge in [0.1, 0.15) is 35.0 Å². The first-order valence-corrected chi connectivity index (χ1v) is 22.4. The number of ketones is 1. The number of phenolic OH excluding ortho intramolecular Hbond substituents is 1. The van der Waals surface area contributed by atoms with Gasteiger partial charge in [-0.25, -0.2) is 0 Å². The molecule has 0 fully saturated rings. The summed E-state index contributed by atoms with van der Waals surface area (Å²) in [5.74, 6) is 1.99. The molecule has 1 aliphatic rings. The van der Waals surface area contributed by atoms with Crippen LogP contribution in [0.1, 0.15) is 74.4 Å². The summed E-state index contributed by atoms with van der Waals surface area (Å²) in [6.07, 6.45) is 1.65. The van der Waals surface area contributed by atoms with Gasteiger partial charge in [-0.2, -0.15) is 0 Å². The molecule has 4 heterocycles. The van der Waals surface area contributed by atoms with Gasteiger partial charge in [0.15, 0.2) is 11.6 Å². The van der Waals surface area contributed by atoms with E-state index in [1.165, 1.54) is 16.2 Å². The van der Waals surface area contributed by atoms with Gasteiger partial charge in [0, 0.05) is 64.7 Å². The molecule has 7 aromatic rings. The lowest BCUT2D eigenvalue weighted by Gasteiger charge is -2.13. The van der Waals surface area contributed by atoms with E-state index in [1.54, 1.807) is 53.8 Å². The molecule has 1 amide bonds. The zero-order chi connectivity index (χ0) is 41.9. The van der Waals surface area contributed by atoms with Crippen molar-refractivity contribution in [1.29, 1.82) is 0 Å². The van der Waals surface area contributed by atoms with Gasteiger partial charge in [0.25, 0.3) is 0 Å². The highest BCUT2D eigenvalue weighted by Crippen LogP contribution is 2.42. The largest absolute Gasteiger partial charge is 0.508 e. The summed E-state index contributed by atoms with van der Waals surface area (Å²) in [6.45, 7) is 7.92. The Morgan fingerprint density at radius 3 is 2.40 bits per heavy atom. The number of phenols is 1. The number of hydrogen-bond acceptors (Lipinski definition) is 10. The zero-order valence-electron chi connectivity index (χ0n) is 33.1. The molecule has 0 saturated carbocycles. The Morgan fingerprint density at radius 1 is 0.883 bits per heavy atom. The Balaban J connectivity index is 0.804. The van der Waals surface area contributed by atoms with Crippen LogP contribution in [0.3, 0.4) is 0 Å². The number of thiophene rings is 2. The number of benzene rings is 4. The quantitative estimate of drug-likeness (QED) is 0.0774. The van der Waals surface area contributed by atoms with Crippen LogP contribution in [0.4, 0.5) is 0 Å². The van der Waals surface area contributed by atoms with Gasteiger partial charge < -0.3 is 19.9 Å². The van der Waals surface area contributed by atoms with Gasteiger partial charge >= 0.3 is 0 Å². The molecule has 2 N–H and O–H groups in total. The van der Waals surface area contributed by atoms with Crippen LogP contribution in [0.25, 0.3) is 25.5 Å². The lowest BCUT2D eigenvalue weighted by atomic mass is 9.97. The van der Waals surface area contributed by atoms with E-state index in [-0.39, 0.29) is 23.9 Å². The van der Waals surface area contributed by atoms with Gasteiger partial charge in [0.2, 0.25) is 5.91 Å². The number of carbonyl (C=O) groups excluding carboxylic acids is 2. The van der Waals surface area contributed by atoms with E-state index in [2.05, 4.69) is 45.3 Å². The molecule has 14 heteroatoms. The Morgan fingerprint density at radius 2 is 1.63 bits per heavy atom. The molecule has 1 atom stereocenters. The number of aliphatic imine (C=N–C) groups is 1. The number of aromatic hydroxyl groups is 1. The highest BCUT2D eigenvalue weighted by molar-refractivity contribution is 9.10. The number of halogens is 2. The number of unbranched alkanes of at least 4 members (excludes halogenated alkanes) is 1. The van der Waals surface area contributed by atoms with Crippen LogP contribution in [0.5, 0.6) is 11.5 Å². The van der Waals surface area contributed by atoms with Gasteiger partial charge in [-0.05, 0) is 111 Å². The molecule has 0 unspecified atom stereocenters. The number of nitrogens with zero attached hydrogens (tertiary/aromatic N) is 4. The second-order valence-electron chi connectivity index (χ2n) is 14.5. The molecular weight excluding hydrogens is 882 g/mol. The van der Waals surface area contributed by atoms with Crippen LogP contribution in [0.15, 0.2) is 100 Å². The van der Waals surface area contributed by atoms with Gasteiger partial charge in [0.05, 0.1) is 18.7 Å². The van der Waals surface area contributed by atoms with Crippen LogP contribution < -0.4 is 10.1 Å². The predicted octanol–water partition coefficient (Wildman–Crippen LogP) is 10.8. The molecule has 3 aromatic heterocycles. The third-order valence-electron chi connectivity index (χ3n) is 10.4. The fourth-order valence-electron chi connectivity index (χ4n) is 7.22. The minimum atomic E-state index is -0.524. The molecular formula is C46H41BrClN5O5S2. The summed E-state index contributed by atoms with van der Waals surface area (Å²) < 4.78 is 15.6. The average molecular weight is 923 g/mol. The van der Waals surface area contributed by atoms with E-state index in [0.717, 1.165) is 71.1 Å². The van der Waals surface area contributed by atoms with Crippen molar-refractivity contribution in [3.8, 4) is 26.9 Å². The summed E-state index contributed by atoms with van der Waals surface area (Å²) in [5.41, 5.74) is 6.00. The van der Waals surface area contributed by atoms with Crippen LogP contribution >= 0.6 is 50.2 Å². The number of ether oxygens (including phenoxy) is 2. The van der Waals surface area contributed by atoms with Crippen LogP contribution in [-0.2, 0) is 9.53 Å². The molecule has 306 valence electrons. The van der Waals surface area contributed by atoms with Crippen molar-refractivity contribution in [2.75, 3.05) is 26.4 Å². The number of rotatable bonds is 15. The van der Waals surface area contributed by atoms with Crippen molar-refractivity contribution >= 4 is 77.7 Å². The molecule has 4 aromatic carbocycles. The SMILES string of the molecule is Cc1sc2c(c1C)C(c1ccc(Cl)cc1)=N[C@@H](CC(=O)NCCCCOCCOc1ccc(C(=O)c3c(-c4ccc(Br)cc4)sc4cc(O)ccc34)cc1)c1nnc(C)n1-2. The van der Waals surface area contributed by atoms with Gasteiger partial charge in [-0.1, -0.05) is 51.8 Å². The van der Waals surface area contributed by atoms with Crippen molar-refractivity contribution < 1.29 is 24.2 Å². The molecule has 1 aliphatic heterocycles. The first-order chi connectivity index (χ1) is 29.0. The second-order valence-corrected chi connectivity index (χ2v) is 18.1. The number of carbonyl (C=O) groups is 2. The third-order valence-corrected chi connectivity index (χ3v) is 13.6. The second kappa shape index (κ2) is 18.2. The Bertz CT molecular complexity index is 2730. The van der Waals surface area contributed by atoms with E-state index in [1.807, 2.05) is 60.0 Å². The number of fused-ring (bicyclic) bond motifs is 4. The molecule has 0 bridgehead atoms. The number of nitrogens with one attached hydrogen (secondary N) is 1. The summed E-state index contributed by atoms with van der Waals surface area (Å²) in [7, 11) is 0. The number of hydrogen-bond donors (Lipinski definition) is 2. The van der Waals surface area contributed by atoms with E-state index in [9.17, 15) is 14.7 Å². The topological polar surface area (TPSA) is 128 Å². The van der Waals surface area contributed by atoms with Crippen molar-refractivity contribution in [2.24, 2.45) is 4.99 Å². The fraction of sp³-hybridized carbons (Fsp3) is 0.239. The molecule has 10 nitrogen and oxygen atoms in total.